The van der Waals surface area contributed by atoms with Crippen molar-refractivity contribution < 1.29 is 22.8 Å². The van der Waals surface area contributed by atoms with Crippen LogP contribution in [0.5, 0.6) is 5.75 Å². The van der Waals surface area contributed by atoms with Crippen molar-refractivity contribution in [2.24, 2.45) is 4.99 Å². The number of benzene rings is 2. The molecule has 2 aromatic carbocycles. The van der Waals surface area contributed by atoms with Gasteiger partial charge in [0.1, 0.15) is 11.5 Å². The molecule has 0 saturated carbocycles. The third-order valence-electron chi connectivity index (χ3n) is 3.81. The number of nitrogens with zero attached hydrogens (tertiary/aromatic N) is 1. The highest BCUT2D eigenvalue weighted by atomic mass is 19.2. The number of carbonyl (C=O) groups is 1. The Hall–Kier alpha value is -3.16. The lowest BCUT2D eigenvalue weighted by Crippen LogP contribution is -2.11. The van der Waals surface area contributed by atoms with Gasteiger partial charge in [0.05, 0.1) is 24.4 Å². The van der Waals surface area contributed by atoms with Gasteiger partial charge in [-0.15, -0.1) is 0 Å². The van der Waals surface area contributed by atoms with Crippen LogP contribution < -0.4 is 10.1 Å². The predicted molar refractivity (Wildman–Crippen MR) is 101 cm³/mol. The number of anilines is 1. The van der Waals surface area contributed by atoms with Gasteiger partial charge in [0.2, 0.25) is 5.91 Å². The second kappa shape index (κ2) is 8.48. The molecule has 3 rings (SSSR count). The average molecular weight is 370 g/mol. The maximum absolute atomic E-state index is 13.0. The quantitative estimate of drug-likeness (QED) is 0.603. The van der Waals surface area contributed by atoms with Gasteiger partial charge in [0.15, 0.2) is 0 Å². The molecular weight excluding hydrogens is 353 g/mol. The zero-order chi connectivity index (χ0) is 19.2. The first-order valence-corrected chi connectivity index (χ1v) is 8.41. The lowest BCUT2D eigenvalue weighted by molar-refractivity contribution is -0.115. The van der Waals surface area contributed by atoms with Crippen molar-refractivity contribution in [2.75, 3.05) is 11.9 Å². The largest absolute Gasteiger partial charge is 0.796 e. The molecule has 0 spiro atoms. The van der Waals surface area contributed by atoms with Gasteiger partial charge >= 0.3 is 7.47 Å². The third kappa shape index (κ3) is 4.72. The van der Waals surface area contributed by atoms with E-state index in [1.54, 1.807) is 48.5 Å². The number of hydrogen-bond donors (Lipinski definition) is 1. The summed E-state index contributed by atoms with van der Waals surface area (Å²) in [7, 11) is -3.02. The Morgan fingerprint density at radius 2 is 1.93 bits per heavy atom. The van der Waals surface area contributed by atoms with Crippen LogP contribution in [0.15, 0.2) is 59.1 Å². The van der Waals surface area contributed by atoms with E-state index < -0.39 is 7.47 Å². The SMILES string of the molecule is CCOc1ccc(N=CC2=C(OB(F)F)c3ccccc3NC(=O)C2)cc1. The van der Waals surface area contributed by atoms with Crippen LogP contribution in [0.3, 0.4) is 0 Å². The molecule has 1 amide bonds. The molecule has 1 aliphatic rings. The van der Waals surface area contributed by atoms with E-state index in [-0.39, 0.29) is 23.7 Å². The molecule has 1 N–H and O–H groups in total. The smallest absolute Gasteiger partial charge is 0.504 e. The van der Waals surface area contributed by atoms with Crippen LogP contribution >= 0.6 is 0 Å². The summed E-state index contributed by atoms with van der Waals surface area (Å²) < 4.78 is 36.1. The fourth-order valence-corrected chi connectivity index (χ4v) is 2.69. The Labute approximate surface area is 155 Å². The van der Waals surface area contributed by atoms with E-state index in [2.05, 4.69) is 10.3 Å². The molecule has 0 atom stereocenters. The van der Waals surface area contributed by atoms with Gasteiger partial charge in [0.25, 0.3) is 0 Å². The maximum atomic E-state index is 13.0. The van der Waals surface area contributed by atoms with Crippen molar-refractivity contribution in [3.05, 3.63) is 59.7 Å². The summed E-state index contributed by atoms with van der Waals surface area (Å²) in [5, 5.41) is 2.69. The van der Waals surface area contributed by atoms with Gasteiger partial charge in [-0.05, 0) is 43.3 Å². The molecule has 1 aliphatic heterocycles. The molecule has 138 valence electrons. The molecule has 0 unspecified atom stereocenters. The normalized spacial score (nSPS) is 13.8. The highest BCUT2D eigenvalue weighted by Crippen LogP contribution is 2.32. The number of amides is 1. The minimum atomic E-state index is -3.02. The predicted octanol–water partition coefficient (Wildman–Crippen LogP) is 4.48. The van der Waals surface area contributed by atoms with Gasteiger partial charge in [0, 0.05) is 17.4 Å². The van der Waals surface area contributed by atoms with Crippen molar-refractivity contribution in [1.82, 2.24) is 0 Å². The molecule has 5 nitrogen and oxygen atoms in total. The highest BCUT2D eigenvalue weighted by Gasteiger charge is 2.27. The molecular formula is C19H17BF2N2O3. The number of fused-ring (bicyclic) bond motifs is 1. The molecule has 0 radical (unpaired) electrons. The molecule has 0 saturated heterocycles. The van der Waals surface area contributed by atoms with Gasteiger partial charge in [-0.3, -0.25) is 9.79 Å². The van der Waals surface area contributed by atoms with Crippen molar-refractivity contribution >= 4 is 36.7 Å². The number of carbonyl (C=O) groups excluding carboxylic acids is 1. The van der Waals surface area contributed by atoms with E-state index in [9.17, 15) is 13.4 Å². The highest BCUT2D eigenvalue weighted by molar-refractivity contribution is 6.36. The number of para-hydroxylation sites is 1. The van der Waals surface area contributed by atoms with Crippen molar-refractivity contribution in [2.45, 2.75) is 13.3 Å². The molecule has 2 aromatic rings. The number of hydrogen-bond acceptors (Lipinski definition) is 4. The number of halogens is 2. The van der Waals surface area contributed by atoms with Crippen molar-refractivity contribution in [3.8, 4) is 5.75 Å². The number of rotatable bonds is 6. The van der Waals surface area contributed by atoms with E-state index in [1.807, 2.05) is 6.92 Å². The summed E-state index contributed by atoms with van der Waals surface area (Å²) in [4.78, 5) is 16.4. The van der Waals surface area contributed by atoms with E-state index in [0.29, 0.717) is 29.3 Å². The third-order valence-corrected chi connectivity index (χ3v) is 3.81. The van der Waals surface area contributed by atoms with E-state index in [0.717, 1.165) is 0 Å². The number of nitrogens with one attached hydrogen (secondary N) is 1. The molecule has 8 heteroatoms. The van der Waals surface area contributed by atoms with Gasteiger partial charge in [-0.2, -0.15) is 0 Å². The minimum absolute atomic E-state index is 0.0614. The topological polar surface area (TPSA) is 59.9 Å². The summed E-state index contributed by atoms with van der Waals surface area (Å²) in [6.07, 6.45) is 1.26. The van der Waals surface area contributed by atoms with Gasteiger partial charge < -0.3 is 14.7 Å². The van der Waals surface area contributed by atoms with Crippen LogP contribution in [-0.2, 0) is 9.45 Å². The van der Waals surface area contributed by atoms with E-state index in [4.69, 9.17) is 9.39 Å². The zero-order valence-corrected chi connectivity index (χ0v) is 14.6. The summed E-state index contributed by atoms with van der Waals surface area (Å²) in [6.45, 7) is 2.44. The molecule has 0 bridgehead atoms. The van der Waals surface area contributed by atoms with Crippen LogP contribution in [0.2, 0.25) is 0 Å². The van der Waals surface area contributed by atoms with E-state index in [1.165, 1.54) is 6.21 Å². The summed E-state index contributed by atoms with van der Waals surface area (Å²) in [6, 6.07) is 13.6. The Kier molecular flexibility index (Phi) is 5.85. The minimum Gasteiger partial charge on any atom is -0.504 e. The summed E-state index contributed by atoms with van der Waals surface area (Å²) in [5.74, 6) is 0.317. The summed E-state index contributed by atoms with van der Waals surface area (Å²) in [5.41, 5.74) is 1.67. The van der Waals surface area contributed by atoms with E-state index >= 15 is 0 Å². The van der Waals surface area contributed by atoms with Crippen LogP contribution in [0.25, 0.3) is 5.76 Å². The van der Waals surface area contributed by atoms with Gasteiger partial charge in [-0.1, -0.05) is 12.1 Å². The zero-order valence-electron chi connectivity index (χ0n) is 14.6. The number of ether oxygens (including phenoxy) is 1. The first kappa shape index (κ1) is 18.6. The van der Waals surface area contributed by atoms with Crippen molar-refractivity contribution in [3.63, 3.8) is 0 Å². The lowest BCUT2D eigenvalue weighted by atomic mass is 10.1. The molecule has 0 aromatic heterocycles. The Balaban J connectivity index is 1.97. The Morgan fingerprint density at radius 1 is 1.19 bits per heavy atom. The standard InChI is InChI=1S/C19H17BF2N2O3/c1-2-26-15-9-7-14(8-10-15)23-12-13-11-18(25)24-17-6-4-3-5-16(17)19(13)27-20(21)22/h3-10,12H,2,11H2,1H3,(H,24,25). The second-order valence-corrected chi connectivity index (χ2v) is 5.69. The molecule has 0 aliphatic carbocycles. The molecule has 27 heavy (non-hydrogen) atoms. The van der Waals surface area contributed by atoms with Crippen LogP contribution in [0.1, 0.15) is 18.9 Å². The number of aliphatic imine (C=N–C) groups is 1. The van der Waals surface area contributed by atoms with Crippen LogP contribution in [0.4, 0.5) is 20.0 Å². The fraction of sp³-hybridized carbons (Fsp3) is 0.158. The Bertz CT molecular complexity index is 883. The first-order chi connectivity index (χ1) is 13.1. The van der Waals surface area contributed by atoms with Crippen molar-refractivity contribution in [1.29, 1.82) is 0 Å². The lowest BCUT2D eigenvalue weighted by Gasteiger charge is -2.12. The first-order valence-electron chi connectivity index (χ1n) is 8.41. The van der Waals surface area contributed by atoms with Crippen LogP contribution in [0, 0.1) is 0 Å². The maximum Gasteiger partial charge on any atom is 0.796 e. The Morgan fingerprint density at radius 3 is 2.63 bits per heavy atom. The molecule has 0 fully saturated rings. The van der Waals surface area contributed by atoms with Gasteiger partial charge in [-0.25, -0.2) is 8.63 Å². The molecule has 1 heterocycles. The second-order valence-electron chi connectivity index (χ2n) is 5.69. The van der Waals surface area contributed by atoms with Crippen LogP contribution in [-0.4, -0.2) is 26.2 Å². The average Bonchev–Trinajstić information content (AvgIpc) is 2.77. The monoisotopic (exact) mass is 370 g/mol. The fourth-order valence-electron chi connectivity index (χ4n) is 2.69. The summed E-state index contributed by atoms with van der Waals surface area (Å²) >= 11 is 0.